The molecule has 0 aliphatic carbocycles. The van der Waals surface area contributed by atoms with E-state index in [0.717, 1.165) is 45.7 Å². The van der Waals surface area contributed by atoms with Gasteiger partial charge in [-0.1, -0.05) is 12.1 Å². The summed E-state index contributed by atoms with van der Waals surface area (Å²) in [4.78, 5) is 2.38. The van der Waals surface area contributed by atoms with Crippen molar-refractivity contribution in [3.05, 3.63) is 29.3 Å². The molecule has 19 heavy (non-hydrogen) atoms. The summed E-state index contributed by atoms with van der Waals surface area (Å²) in [6.45, 7) is 6.72. The monoisotopic (exact) mass is 260 g/mol. The van der Waals surface area contributed by atoms with E-state index in [9.17, 15) is 0 Å². The minimum Gasteiger partial charge on any atom is -0.384 e. The Bertz CT molecular complexity index is 424. The SMILES string of the molecule is CN1CCN(NCCc2ccc3c(c2)CCN3)CC1. The maximum Gasteiger partial charge on any atom is 0.0373 e. The van der Waals surface area contributed by atoms with Crippen molar-refractivity contribution in [1.29, 1.82) is 0 Å². The molecule has 1 aromatic carbocycles. The van der Waals surface area contributed by atoms with Gasteiger partial charge < -0.3 is 10.2 Å². The van der Waals surface area contributed by atoms with Crippen molar-refractivity contribution in [2.24, 2.45) is 0 Å². The average Bonchev–Trinajstić information content (AvgIpc) is 2.88. The zero-order valence-corrected chi connectivity index (χ0v) is 11.8. The number of hydrazine groups is 1. The van der Waals surface area contributed by atoms with E-state index in [4.69, 9.17) is 0 Å². The summed E-state index contributed by atoms with van der Waals surface area (Å²) in [6, 6.07) is 6.84. The van der Waals surface area contributed by atoms with Crippen molar-refractivity contribution in [2.75, 3.05) is 51.6 Å². The van der Waals surface area contributed by atoms with Crippen LogP contribution in [0.1, 0.15) is 11.1 Å². The van der Waals surface area contributed by atoms with E-state index in [0.29, 0.717) is 0 Å². The van der Waals surface area contributed by atoms with Crippen LogP contribution in [0.25, 0.3) is 0 Å². The standard InChI is InChI=1S/C15H24N4/c1-18-8-10-19(11-9-18)17-7-4-13-2-3-15-14(12-13)5-6-16-15/h2-3,12,16-17H,4-11H2,1H3. The predicted molar refractivity (Wildman–Crippen MR) is 79.4 cm³/mol. The Labute approximate surface area is 115 Å². The molecule has 1 saturated heterocycles. The highest BCUT2D eigenvalue weighted by atomic mass is 15.5. The molecule has 4 heteroatoms. The zero-order chi connectivity index (χ0) is 13.1. The Kier molecular flexibility index (Phi) is 4.01. The first-order valence-corrected chi connectivity index (χ1v) is 7.34. The van der Waals surface area contributed by atoms with Crippen molar-refractivity contribution in [2.45, 2.75) is 12.8 Å². The molecular formula is C15H24N4. The molecule has 104 valence electrons. The quantitative estimate of drug-likeness (QED) is 0.844. The summed E-state index contributed by atoms with van der Waals surface area (Å²) in [5.41, 5.74) is 7.81. The van der Waals surface area contributed by atoms with Gasteiger partial charge in [-0.3, -0.25) is 5.43 Å². The smallest absolute Gasteiger partial charge is 0.0373 e. The van der Waals surface area contributed by atoms with Gasteiger partial charge in [0.25, 0.3) is 0 Å². The zero-order valence-electron chi connectivity index (χ0n) is 11.8. The molecule has 0 atom stereocenters. The molecule has 0 saturated carbocycles. The second kappa shape index (κ2) is 5.90. The van der Waals surface area contributed by atoms with Crippen LogP contribution in [0.5, 0.6) is 0 Å². The molecule has 4 nitrogen and oxygen atoms in total. The highest BCUT2D eigenvalue weighted by Crippen LogP contribution is 2.22. The number of rotatable bonds is 4. The normalized spacial score (nSPS) is 20.3. The molecule has 0 amide bonds. The van der Waals surface area contributed by atoms with Crippen LogP contribution in [0.4, 0.5) is 5.69 Å². The fourth-order valence-electron chi connectivity index (χ4n) is 2.84. The molecule has 2 aliphatic heterocycles. The first-order valence-electron chi connectivity index (χ1n) is 7.34. The molecule has 0 aromatic heterocycles. The number of likely N-dealkylation sites (N-methyl/N-ethyl adjacent to an activating group) is 1. The number of nitrogens with zero attached hydrogens (tertiary/aromatic N) is 2. The number of piperazine rings is 1. The van der Waals surface area contributed by atoms with Gasteiger partial charge in [-0.25, -0.2) is 5.01 Å². The third-order valence-electron chi connectivity index (χ3n) is 4.13. The van der Waals surface area contributed by atoms with Crippen molar-refractivity contribution < 1.29 is 0 Å². The lowest BCUT2D eigenvalue weighted by atomic mass is 10.1. The second-order valence-corrected chi connectivity index (χ2v) is 5.62. The fraction of sp³-hybridized carbons (Fsp3) is 0.600. The number of fused-ring (bicyclic) bond motifs is 1. The fourth-order valence-corrected chi connectivity index (χ4v) is 2.84. The van der Waals surface area contributed by atoms with E-state index in [2.05, 4.69) is 45.9 Å². The van der Waals surface area contributed by atoms with Gasteiger partial charge in [-0.15, -0.1) is 0 Å². The maximum absolute atomic E-state index is 3.55. The van der Waals surface area contributed by atoms with Crippen LogP contribution >= 0.6 is 0 Å². The molecule has 2 aliphatic rings. The van der Waals surface area contributed by atoms with Crippen LogP contribution in [-0.2, 0) is 12.8 Å². The van der Waals surface area contributed by atoms with Crippen molar-refractivity contribution in [1.82, 2.24) is 15.3 Å². The lowest BCUT2D eigenvalue weighted by Gasteiger charge is -2.32. The van der Waals surface area contributed by atoms with Crippen LogP contribution in [0.2, 0.25) is 0 Å². The average molecular weight is 260 g/mol. The van der Waals surface area contributed by atoms with E-state index in [1.165, 1.54) is 23.2 Å². The summed E-state index contributed by atoms with van der Waals surface area (Å²) in [5.74, 6) is 0. The van der Waals surface area contributed by atoms with E-state index < -0.39 is 0 Å². The molecule has 1 fully saturated rings. The molecule has 2 N–H and O–H groups in total. The van der Waals surface area contributed by atoms with Crippen molar-refractivity contribution >= 4 is 5.69 Å². The maximum atomic E-state index is 3.55. The first kappa shape index (κ1) is 12.9. The van der Waals surface area contributed by atoms with E-state index in [-0.39, 0.29) is 0 Å². The van der Waals surface area contributed by atoms with Crippen LogP contribution in [0.15, 0.2) is 18.2 Å². The van der Waals surface area contributed by atoms with Gasteiger partial charge in [0, 0.05) is 45.0 Å². The summed E-state index contributed by atoms with van der Waals surface area (Å²) < 4.78 is 0. The molecule has 0 spiro atoms. The molecule has 0 radical (unpaired) electrons. The Hall–Kier alpha value is -1.10. The number of benzene rings is 1. The van der Waals surface area contributed by atoms with Crippen molar-refractivity contribution in [3.8, 4) is 0 Å². The molecule has 0 bridgehead atoms. The van der Waals surface area contributed by atoms with Gasteiger partial charge in [0.1, 0.15) is 0 Å². The first-order chi connectivity index (χ1) is 9.31. The van der Waals surface area contributed by atoms with Gasteiger partial charge in [0.15, 0.2) is 0 Å². The lowest BCUT2D eigenvalue weighted by molar-refractivity contribution is 0.105. The minimum absolute atomic E-state index is 1.04. The Morgan fingerprint density at radius 1 is 1.21 bits per heavy atom. The summed E-state index contributed by atoms with van der Waals surface area (Å²) in [7, 11) is 2.19. The van der Waals surface area contributed by atoms with Crippen LogP contribution in [0, 0.1) is 0 Å². The van der Waals surface area contributed by atoms with Crippen LogP contribution in [-0.4, -0.2) is 56.2 Å². The third kappa shape index (κ3) is 3.26. The Balaban J connectivity index is 1.45. The van der Waals surface area contributed by atoms with Gasteiger partial charge in [0.2, 0.25) is 0 Å². The number of nitrogens with one attached hydrogen (secondary N) is 2. The van der Waals surface area contributed by atoms with E-state index >= 15 is 0 Å². The molecular weight excluding hydrogens is 236 g/mol. The van der Waals surface area contributed by atoms with Crippen LogP contribution < -0.4 is 10.7 Å². The third-order valence-corrected chi connectivity index (χ3v) is 4.13. The molecule has 1 aromatic rings. The lowest BCUT2D eigenvalue weighted by Crippen LogP contribution is -2.51. The largest absolute Gasteiger partial charge is 0.384 e. The number of hydrogen-bond donors (Lipinski definition) is 2. The highest BCUT2D eigenvalue weighted by Gasteiger charge is 2.13. The van der Waals surface area contributed by atoms with Gasteiger partial charge in [0.05, 0.1) is 0 Å². The number of hydrogen-bond acceptors (Lipinski definition) is 4. The topological polar surface area (TPSA) is 30.5 Å². The summed E-state index contributed by atoms with van der Waals surface area (Å²) in [5, 5.41) is 5.77. The summed E-state index contributed by atoms with van der Waals surface area (Å²) >= 11 is 0. The Morgan fingerprint density at radius 3 is 2.89 bits per heavy atom. The van der Waals surface area contributed by atoms with Gasteiger partial charge in [-0.2, -0.15) is 0 Å². The minimum atomic E-state index is 1.04. The van der Waals surface area contributed by atoms with Crippen molar-refractivity contribution in [3.63, 3.8) is 0 Å². The van der Waals surface area contributed by atoms with E-state index in [1.54, 1.807) is 0 Å². The second-order valence-electron chi connectivity index (χ2n) is 5.62. The number of anilines is 1. The molecule has 0 unspecified atom stereocenters. The van der Waals surface area contributed by atoms with E-state index in [1.807, 2.05) is 0 Å². The molecule has 3 rings (SSSR count). The Morgan fingerprint density at radius 2 is 2.05 bits per heavy atom. The predicted octanol–water partition coefficient (Wildman–Crippen LogP) is 0.949. The van der Waals surface area contributed by atoms with Gasteiger partial charge in [-0.05, 0) is 37.1 Å². The highest BCUT2D eigenvalue weighted by molar-refractivity contribution is 5.56. The summed E-state index contributed by atoms with van der Waals surface area (Å²) in [6.07, 6.45) is 2.29. The molecule has 2 heterocycles. The van der Waals surface area contributed by atoms with Gasteiger partial charge >= 0.3 is 0 Å². The van der Waals surface area contributed by atoms with Crippen LogP contribution in [0.3, 0.4) is 0 Å².